The molecular weight excluding hydrogens is 154 g/mol. The third kappa shape index (κ3) is 0.695. The predicted molar refractivity (Wildman–Crippen MR) is 41.4 cm³/mol. The van der Waals surface area contributed by atoms with Crippen LogP contribution < -0.4 is 26.8 Å². The molecule has 10 heavy (non-hydrogen) atoms. The minimum atomic E-state index is -0.695. The molecule has 5 nitrogen and oxygen atoms in total. The molecule has 0 heterocycles. The van der Waals surface area contributed by atoms with Gasteiger partial charge in [-0.15, -0.1) is 0 Å². The summed E-state index contributed by atoms with van der Waals surface area (Å²) in [6, 6.07) is 0. The van der Waals surface area contributed by atoms with Gasteiger partial charge in [0.05, 0.1) is 0 Å². The maximum atomic E-state index is 10.6. The lowest BCUT2D eigenvalue weighted by molar-refractivity contribution is 1.18. The number of rotatable bonds is 1. The molecule has 0 spiro atoms. The fourth-order valence-corrected chi connectivity index (χ4v) is 0.823. The van der Waals surface area contributed by atoms with Crippen molar-refractivity contribution in [1.29, 1.82) is 0 Å². The van der Waals surface area contributed by atoms with Gasteiger partial charge in [-0.05, 0) is 12.8 Å². The van der Waals surface area contributed by atoms with Gasteiger partial charge in [-0.3, -0.25) is 9.59 Å². The van der Waals surface area contributed by atoms with Crippen molar-refractivity contribution in [3.63, 3.8) is 0 Å². The van der Waals surface area contributed by atoms with Gasteiger partial charge in [-0.2, -0.15) is 0 Å². The van der Waals surface area contributed by atoms with Crippen LogP contribution in [0, 0.1) is 0 Å². The van der Waals surface area contributed by atoms with Crippen LogP contribution in [-0.2, 0) is 0 Å². The quantitative estimate of drug-likeness (QED) is 0.198. The van der Waals surface area contributed by atoms with Crippen LogP contribution in [-0.4, -0.2) is 0 Å². The van der Waals surface area contributed by atoms with E-state index >= 15 is 0 Å². The van der Waals surface area contributed by atoms with Crippen molar-refractivity contribution in [3.05, 3.63) is 20.4 Å². The van der Waals surface area contributed by atoms with Gasteiger partial charge >= 0.3 is 0 Å². The van der Waals surface area contributed by atoms with Crippen LogP contribution in [0.3, 0.4) is 0 Å². The molecule has 54 valence electrons. The average molecular weight is 159 g/mol. The molecule has 0 amide bonds. The van der Waals surface area contributed by atoms with Crippen LogP contribution in [0.25, 0.3) is 0 Å². The Labute approximate surface area is 61.4 Å². The summed E-state index contributed by atoms with van der Waals surface area (Å²) in [4.78, 5) is 21.0. The van der Waals surface area contributed by atoms with Gasteiger partial charge in [0.1, 0.15) is 11.4 Å². The molecule has 4 N–H and O–H groups in total. The second-order valence-electron chi connectivity index (χ2n) is 1.77. The first-order chi connectivity index (χ1) is 4.55. The van der Waals surface area contributed by atoms with E-state index in [-0.39, 0.29) is 11.4 Å². The summed E-state index contributed by atoms with van der Waals surface area (Å²) in [7, 11) is 0. The van der Waals surface area contributed by atoms with Crippen molar-refractivity contribution in [2.75, 3.05) is 10.1 Å². The molecule has 6 heteroatoms. The predicted octanol–water partition coefficient (Wildman–Crippen LogP) is -1.61. The molecule has 0 saturated carbocycles. The molecule has 0 aliphatic heterocycles. The lowest BCUT2D eigenvalue weighted by atomic mass is 10.2. The van der Waals surface area contributed by atoms with E-state index in [1.54, 1.807) is 0 Å². The number of thiol groups is 1. The largest absolute Gasteiger partial charge is 0.394 e. The van der Waals surface area contributed by atoms with E-state index in [2.05, 4.69) is 12.8 Å². The summed E-state index contributed by atoms with van der Waals surface area (Å²) in [5.41, 5.74) is 3.56. The van der Waals surface area contributed by atoms with E-state index < -0.39 is 10.9 Å². The number of hydrazine groups is 1. The highest BCUT2D eigenvalue weighted by molar-refractivity contribution is 7.81. The summed E-state index contributed by atoms with van der Waals surface area (Å²) in [5.74, 6) is 5.03. The Morgan fingerprint density at radius 2 is 1.80 bits per heavy atom. The van der Waals surface area contributed by atoms with Crippen molar-refractivity contribution in [1.82, 2.24) is 0 Å². The van der Waals surface area contributed by atoms with E-state index in [0.29, 0.717) is 0 Å². The molecule has 0 aromatic heterocycles. The Bertz CT molecular complexity index is 325. The van der Waals surface area contributed by atoms with E-state index in [9.17, 15) is 9.59 Å². The maximum Gasteiger partial charge on any atom is 0.255 e. The number of hydrogen-bond acceptors (Lipinski definition) is 6. The van der Waals surface area contributed by atoms with Crippen LogP contribution in [0.15, 0.2) is 9.59 Å². The van der Waals surface area contributed by atoms with Crippen LogP contribution >= 0.6 is 12.8 Å². The minimum Gasteiger partial charge on any atom is -0.394 e. The standard InChI is InChI=1S/C4H5N3O2S/c5-1-2(7(6)10)4(9)3(1)8/h10H,5-6H2. The third-order valence-corrected chi connectivity index (χ3v) is 1.35. The first-order valence-corrected chi connectivity index (χ1v) is 2.78. The molecule has 1 rings (SSSR count). The summed E-state index contributed by atoms with van der Waals surface area (Å²) >= 11 is 3.58. The molecule has 1 aromatic rings. The zero-order chi connectivity index (χ0) is 7.89. The maximum absolute atomic E-state index is 10.6. The number of nitrogen functional groups attached to an aromatic ring is 1. The zero-order valence-corrected chi connectivity index (χ0v) is 5.76. The Kier molecular flexibility index (Phi) is 1.42. The summed E-state index contributed by atoms with van der Waals surface area (Å²) in [6.07, 6.45) is 0. The van der Waals surface area contributed by atoms with E-state index in [1.165, 1.54) is 0 Å². The molecule has 0 radical (unpaired) electrons. The normalized spacial score (nSPS) is 10.2. The SMILES string of the molecule is Nc1c(N(N)S)c(=O)c1=O. The Hall–Kier alpha value is -1.01. The minimum absolute atomic E-state index is 0.0340. The summed E-state index contributed by atoms with van der Waals surface area (Å²) in [6.45, 7) is 0. The lowest BCUT2D eigenvalue weighted by Gasteiger charge is -2.12. The molecule has 0 fully saturated rings. The van der Waals surface area contributed by atoms with Crippen LogP contribution in [0.4, 0.5) is 11.4 Å². The fourth-order valence-electron chi connectivity index (χ4n) is 0.625. The van der Waals surface area contributed by atoms with Gasteiger partial charge < -0.3 is 5.73 Å². The molecule has 1 aromatic carbocycles. The first-order valence-electron chi connectivity index (χ1n) is 2.38. The van der Waals surface area contributed by atoms with Gasteiger partial charge in [0, 0.05) is 0 Å². The third-order valence-electron chi connectivity index (χ3n) is 1.15. The van der Waals surface area contributed by atoms with Gasteiger partial charge in [-0.25, -0.2) is 10.3 Å². The van der Waals surface area contributed by atoms with Crippen molar-refractivity contribution < 1.29 is 0 Å². The second-order valence-corrected chi connectivity index (χ2v) is 2.20. The van der Waals surface area contributed by atoms with Crippen molar-refractivity contribution in [2.24, 2.45) is 5.84 Å². The Balaban J connectivity index is 3.23. The zero-order valence-electron chi connectivity index (χ0n) is 4.87. The second kappa shape index (κ2) is 1.99. The Morgan fingerprint density at radius 1 is 1.30 bits per heavy atom. The van der Waals surface area contributed by atoms with Crippen LogP contribution in [0.1, 0.15) is 0 Å². The number of hydrogen-bond donors (Lipinski definition) is 3. The molecule has 0 aliphatic rings. The van der Waals surface area contributed by atoms with Crippen molar-refractivity contribution in [2.45, 2.75) is 0 Å². The highest BCUT2D eigenvalue weighted by atomic mass is 32.1. The molecule has 0 bridgehead atoms. The first kappa shape index (κ1) is 7.10. The molecule has 0 saturated heterocycles. The molecule has 0 aliphatic carbocycles. The monoisotopic (exact) mass is 159 g/mol. The smallest absolute Gasteiger partial charge is 0.255 e. The van der Waals surface area contributed by atoms with E-state index in [4.69, 9.17) is 11.6 Å². The van der Waals surface area contributed by atoms with Crippen LogP contribution in [0.2, 0.25) is 0 Å². The highest BCUT2D eigenvalue weighted by Crippen LogP contribution is 2.13. The average Bonchev–Trinajstić information content (AvgIpc) is 1.87. The van der Waals surface area contributed by atoms with Crippen LogP contribution in [0.5, 0.6) is 0 Å². The topological polar surface area (TPSA) is 89.4 Å². The number of anilines is 2. The van der Waals surface area contributed by atoms with E-state index in [1.807, 2.05) is 0 Å². The molecule has 0 atom stereocenters. The fraction of sp³-hybridized carbons (Fsp3) is 0. The van der Waals surface area contributed by atoms with Crippen molar-refractivity contribution >= 4 is 24.2 Å². The van der Waals surface area contributed by atoms with Gasteiger partial charge in [0.2, 0.25) is 0 Å². The molecule has 0 unspecified atom stereocenters. The van der Waals surface area contributed by atoms with Gasteiger partial charge in [0.25, 0.3) is 10.9 Å². The van der Waals surface area contributed by atoms with E-state index in [0.717, 1.165) is 4.41 Å². The molecular formula is C4H5N3O2S. The van der Waals surface area contributed by atoms with Crippen molar-refractivity contribution in [3.8, 4) is 0 Å². The summed E-state index contributed by atoms with van der Waals surface area (Å²) in [5, 5.41) is 0. The van der Waals surface area contributed by atoms with Gasteiger partial charge in [-0.1, -0.05) is 0 Å². The highest BCUT2D eigenvalue weighted by Gasteiger charge is 2.19. The lowest BCUT2D eigenvalue weighted by Crippen LogP contribution is -2.41. The van der Waals surface area contributed by atoms with Gasteiger partial charge in [0.15, 0.2) is 0 Å². The summed E-state index contributed by atoms with van der Waals surface area (Å²) < 4.78 is 0.735. The number of nitrogens with zero attached hydrogens (tertiary/aromatic N) is 1. The number of nitrogens with two attached hydrogens (primary N) is 2. The Morgan fingerprint density at radius 3 is 2.00 bits per heavy atom.